The van der Waals surface area contributed by atoms with E-state index in [1.807, 2.05) is 0 Å². The third-order valence-electron chi connectivity index (χ3n) is 1.00. The Balaban J connectivity index is 2.19. The van der Waals surface area contributed by atoms with Crippen LogP contribution in [0.5, 0.6) is 0 Å². The first-order valence-corrected chi connectivity index (χ1v) is 9.00. The Morgan fingerprint density at radius 1 is 0.800 bits per heavy atom. The van der Waals surface area contributed by atoms with Crippen molar-refractivity contribution in [2.24, 2.45) is 0 Å². The van der Waals surface area contributed by atoms with Crippen LogP contribution >= 0.6 is 0 Å². The number of hydrogen-bond donors (Lipinski definition) is 0. The third kappa shape index (κ3) is 0.399. The molecule has 3 saturated heterocycles. The van der Waals surface area contributed by atoms with Crippen LogP contribution in [0.4, 0.5) is 0 Å². The zero-order valence-electron chi connectivity index (χ0n) is 2.65. The summed E-state index contributed by atoms with van der Waals surface area (Å²) in [6.07, 6.45) is 0. The summed E-state index contributed by atoms with van der Waals surface area (Å²) < 4.78 is 3.17. The third-order valence-corrected chi connectivity index (χ3v) is 27.0. The fourth-order valence-corrected chi connectivity index (χ4v) is 41.8. The van der Waals surface area contributed by atoms with Gasteiger partial charge >= 0.3 is 51.1 Å². The topological polar surface area (TPSA) is 0 Å². The van der Waals surface area contributed by atoms with Gasteiger partial charge in [-0.3, -0.25) is 0 Å². The van der Waals surface area contributed by atoms with E-state index in [4.69, 9.17) is 0 Å². The SMILES string of the molecule is [Ge]1[CH]2[Ge][CH]1[Ge]2. The summed E-state index contributed by atoms with van der Waals surface area (Å²) in [6.45, 7) is 0. The van der Waals surface area contributed by atoms with Crippen LogP contribution in [-0.4, -0.2) is 46.3 Å². The molecule has 0 amide bonds. The summed E-state index contributed by atoms with van der Waals surface area (Å²) >= 11 is 2.50. The summed E-state index contributed by atoms with van der Waals surface area (Å²) in [5.74, 6) is 0. The Bertz CT molecular complexity index is 41.6. The Kier molecular flexibility index (Phi) is 0.770. The summed E-state index contributed by atoms with van der Waals surface area (Å²) in [7, 11) is 0. The van der Waals surface area contributed by atoms with Gasteiger partial charge < -0.3 is 0 Å². The molecule has 0 aromatic carbocycles. The summed E-state index contributed by atoms with van der Waals surface area (Å²) in [5.41, 5.74) is 0. The predicted molar refractivity (Wildman–Crippen MR) is 24.8 cm³/mol. The van der Waals surface area contributed by atoms with Crippen molar-refractivity contribution in [1.29, 1.82) is 0 Å². The Morgan fingerprint density at radius 3 is 1.00 bits per heavy atom. The normalized spacial score (nSPS) is 57.6. The molecule has 3 rings (SSSR count). The van der Waals surface area contributed by atoms with E-state index in [0.717, 1.165) is 46.3 Å². The summed E-state index contributed by atoms with van der Waals surface area (Å²) in [5, 5.41) is 0. The number of hydrogen-bond acceptors (Lipinski definition) is 0. The van der Waals surface area contributed by atoms with Crippen LogP contribution < -0.4 is 0 Å². The second-order valence-electron chi connectivity index (χ2n) is 1.37. The van der Waals surface area contributed by atoms with Crippen molar-refractivity contribution in [3.8, 4) is 0 Å². The molecule has 6 radical (unpaired) electrons. The van der Waals surface area contributed by atoms with E-state index in [1.54, 1.807) is 4.83 Å². The molecule has 22 valence electrons. The second kappa shape index (κ2) is 1.07. The average molecular weight is 244 g/mol. The van der Waals surface area contributed by atoms with Crippen LogP contribution in [0.2, 0.25) is 4.83 Å². The van der Waals surface area contributed by atoms with Crippen LogP contribution in [0.3, 0.4) is 0 Å². The Labute approximate surface area is 50.9 Å². The van der Waals surface area contributed by atoms with Gasteiger partial charge in [-0.15, -0.1) is 0 Å². The van der Waals surface area contributed by atoms with Crippen molar-refractivity contribution in [2.75, 3.05) is 0 Å². The van der Waals surface area contributed by atoms with Crippen molar-refractivity contribution in [3.05, 3.63) is 0 Å². The van der Waals surface area contributed by atoms with Gasteiger partial charge in [0.2, 0.25) is 0 Å². The van der Waals surface area contributed by atoms with Crippen LogP contribution in [0.15, 0.2) is 0 Å². The van der Waals surface area contributed by atoms with E-state index in [0.29, 0.717) is 0 Å². The molecule has 3 heterocycles. The molecule has 0 unspecified atom stereocenters. The zero-order chi connectivity index (χ0) is 3.28. The summed E-state index contributed by atoms with van der Waals surface area (Å²) in [4.78, 5) is 0. The first-order chi connectivity index (χ1) is 2.45. The molecule has 0 N–H and O–H groups in total. The van der Waals surface area contributed by atoms with Gasteiger partial charge in [0, 0.05) is 0 Å². The molecule has 3 aliphatic rings. The molecule has 5 heavy (non-hydrogen) atoms. The van der Waals surface area contributed by atoms with Gasteiger partial charge in [-0.1, -0.05) is 0 Å². The molecule has 3 aliphatic heterocycles. The van der Waals surface area contributed by atoms with Crippen LogP contribution in [0, 0.1) is 0 Å². The predicted octanol–water partition coefficient (Wildman–Crippen LogP) is -0.467. The van der Waals surface area contributed by atoms with Gasteiger partial charge in [-0.05, 0) is 0 Å². The Morgan fingerprint density at radius 2 is 1.00 bits per heavy atom. The van der Waals surface area contributed by atoms with E-state index in [1.165, 1.54) is 0 Å². The molecule has 0 saturated carbocycles. The van der Waals surface area contributed by atoms with Gasteiger partial charge in [0.1, 0.15) is 0 Å². The minimum atomic E-state index is 0.833. The van der Waals surface area contributed by atoms with Crippen molar-refractivity contribution >= 4 is 46.3 Å². The molecule has 0 atom stereocenters. The van der Waals surface area contributed by atoms with E-state index < -0.39 is 0 Å². The molecule has 0 aromatic heterocycles. The fraction of sp³-hybridized carbons (Fsp3) is 1.00. The van der Waals surface area contributed by atoms with Gasteiger partial charge in [-0.2, -0.15) is 0 Å². The fourth-order valence-electron chi connectivity index (χ4n) is 0.500. The van der Waals surface area contributed by atoms with E-state index in [9.17, 15) is 0 Å². The average Bonchev–Trinajstić information content (AvgIpc) is 0.592. The Hall–Kier alpha value is 1.63. The minimum absolute atomic E-state index is 0.833. The molecular formula is C2H2Ge3. The van der Waals surface area contributed by atoms with Crippen molar-refractivity contribution in [2.45, 2.75) is 4.83 Å². The molecule has 3 heteroatoms. The molecule has 3 fully saturated rings. The monoisotopic (exact) mass is 248 g/mol. The van der Waals surface area contributed by atoms with Gasteiger partial charge in [0.25, 0.3) is 0 Å². The van der Waals surface area contributed by atoms with E-state index in [-0.39, 0.29) is 0 Å². The van der Waals surface area contributed by atoms with E-state index >= 15 is 0 Å². The van der Waals surface area contributed by atoms with Crippen LogP contribution in [-0.2, 0) is 0 Å². The maximum absolute atomic E-state index is 1.58. The van der Waals surface area contributed by atoms with Crippen LogP contribution in [0.25, 0.3) is 0 Å². The quantitative estimate of drug-likeness (QED) is 0.505. The molecular weight excluding hydrogens is 242 g/mol. The summed E-state index contributed by atoms with van der Waals surface area (Å²) in [6, 6.07) is 0. The molecule has 0 nitrogen and oxygen atoms in total. The molecule has 0 spiro atoms. The van der Waals surface area contributed by atoms with Crippen LogP contribution in [0.1, 0.15) is 0 Å². The van der Waals surface area contributed by atoms with Crippen molar-refractivity contribution in [1.82, 2.24) is 0 Å². The van der Waals surface area contributed by atoms with Gasteiger partial charge in [-0.25, -0.2) is 0 Å². The van der Waals surface area contributed by atoms with Crippen molar-refractivity contribution < 1.29 is 0 Å². The zero-order valence-corrected chi connectivity index (χ0v) is 8.95. The van der Waals surface area contributed by atoms with Gasteiger partial charge in [0.15, 0.2) is 0 Å². The first-order valence-electron chi connectivity index (χ1n) is 1.73. The number of rotatable bonds is 0. The molecule has 2 bridgehead atoms. The standard InChI is InChI=1S/C2H2Ge3/c3-1-4-2(3)5-1/h1-2H. The van der Waals surface area contributed by atoms with Crippen molar-refractivity contribution in [3.63, 3.8) is 0 Å². The maximum atomic E-state index is 1.58. The molecule has 0 aromatic rings. The second-order valence-corrected chi connectivity index (χ2v) is 26.0. The van der Waals surface area contributed by atoms with Gasteiger partial charge in [0.05, 0.1) is 0 Å². The first kappa shape index (κ1) is 3.61. The van der Waals surface area contributed by atoms with E-state index in [2.05, 4.69) is 0 Å². The molecule has 0 aliphatic carbocycles.